The molecule has 5 heteroatoms. The van der Waals surface area contributed by atoms with Gasteiger partial charge in [0.25, 0.3) is 0 Å². The number of amides is 1. The lowest BCUT2D eigenvalue weighted by molar-refractivity contribution is -0.114. The van der Waals surface area contributed by atoms with E-state index in [1.165, 1.54) is 18.3 Å². The number of anilines is 2. The van der Waals surface area contributed by atoms with Crippen molar-refractivity contribution in [1.82, 2.24) is 4.98 Å². The van der Waals surface area contributed by atoms with Gasteiger partial charge in [0.05, 0.1) is 0 Å². The monoisotopic (exact) mass is 233 g/mol. The molecule has 0 aliphatic carbocycles. The highest BCUT2D eigenvalue weighted by Gasteiger charge is 2.04. The van der Waals surface area contributed by atoms with Crippen molar-refractivity contribution in [2.75, 3.05) is 11.1 Å². The lowest BCUT2D eigenvalue weighted by Crippen LogP contribution is -2.05. The van der Waals surface area contributed by atoms with E-state index >= 15 is 0 Å². The van der Waals surface area contributed by atoms with Gasteiger partial charge in [-0.15, -0.1) is 11.3 Å². The van der Waals surface area contributed by atoms with Crippen molar-refractivity contribution in [2.45, 2.75) is 6.92 Å². The van der Waals surface area contributed by atoms with Crippen LogP contribution < -0.4 is 11.1 Å². The highest BCUT2D eigenvalue weighted by atomic mass is 32.1. The molecule has 0 atom stereocenters. The maximum absolute atomic E-state index is 10.9. The second-order valence-corrected chi connectivity index (χ2v) is 4.20. The van der Waals surface area contributed by atoms with Crippen molar-refractivity contribution in [3.63, 3.8) is 0 Å². The molecule has 3 N–H and O–H groups in total. The van der Waals surface area contributed by atoms with Crippen LogP contribution in [0.3, 0.4) is 0 Å². The number of nitrogens with zero attached hydrogens (tertiary/aromatic N) is 1. The molecule has 0 spiro atoms. The van der Waals surface area contributed by atoms with Crippen LogP contribution in [0, 0.1) is 0 Å². The molecule has 2 aromatic rings. The Morgan fingerprint density at radius 3 is 2.94 bits per heavy atom. The fraction of sp³-hybridized carbons (Fsp3) is 0.0909. The van der Waals surface area contributed by atoms with Gasteiger partial charge in [-0.2, -0.15) is 0 Å². The van der Waals surface area contributed by atoms with E-state index in [1.54, 1.807) is 5.38 Å². The average Bonchev–Trinajstić information content (AvgIpc) is 2.64. The van der Waals surface area contributed by atoms with E-state index < -0.39 is 0 Å². The molecule has 0 fully saturated rings. The van der Waals surface area contributed by atoms with Crippen LogP contribution >= 0.6 is 11.3 Å². The second-order valence-electron chi connectivity index (χ2n) is 3.34. The quantitative estimate of drug-likeness (QED) is 0.836. The van der Waals surface area contributed by atoms with Gasteiger partial charge in [0.15, 0.2) is 0 Å². The summed E-state index contributed by atoms with van der Waals surface area (Å²) in [6, 6.07) is 7.52. The van der Waals surface area contributed by atoms with Crippen molar-refractivity contribution in [3.05, 3.63) is 29.6 Å². The summed E-state index contributed by atoms with van der Waals surface area (Å²) in [4.78, 5) is 15.1. The number of carbonyl (C=O) groups is 1. The molecule has 0 aliphatic heterocycles. The van der Waals surface area contributed by atoms with Gasteiger partial charge in [-0.3, -0.25) is 4.79 Å². The Morgan fingerprint density at radius 2 is 2.31 bits per heavy atom. The van der Waals surface area contributed by atoms with Gasteiger partial charge < -0.3 is 11.1 Å². The molecule has 0 radical (unpaired) electrons. The van der Waals surface area contributed by atoms with E-state index in [2.05, 4.69) is 10.3 Å². The standard InChI is InChI=1S/C11H11N3OS/c1-7(15)13-9-4-2-3-8(5-9)11-14-10(12)6-16-11/h2-6H,12H2,1H3,(H,13,15). The minimum atomic E-state index is -0.0872. The van der Waals surface area contributed by atoms with Gasteiger partial charge in [0.2, 0.25) is 5.91 Å². The molecule has 0 saturated carbocycles. The van der Waals surface area contributed by atoms with Crippen LogP contribution in [0.4, 0.5) is 11.5 Å². The van der Waals surface area contributed by atoms with Gasteiger partial charge in [-0.1, -0.05) is 12.1 Å². The van der Waals surface area contributed by atoms with Gasteiger partial charge in [-0.05, 0) is 12.1 Å². The number of aromatic nitrogens is 1. The van der Waals surface area contributed by atoms with E-state index in [4.69, 9.17) is 5.73 Å². The van der Waals surface area contributed by atoms with E-state index in [0.29, 0.717) is 5.82 Å². The Kier molecular flexibility index (Phi) is 2.87. The summed E-state index contributed by atoms with van der Waals surface area (Å²) >= 11 is 1.48. The van der Waals surface area contributed by atoms with Crippen LogP contribution in [0.25, 0.3) is 10.6 Å². The smallest absolute Gasteiger partial charge is 0.221 e. The minimum Gasteiger partial charge on any atom is -0.383 e. The molecule has 1 aromatic carbocycles. The van der Waals surface area contributed by atoms with E-state index in [1.807, 2.05) is 24.3 Å². The van der Waals surface area contributed by atoms with Crippen molar-refractivity contribution in [2.24, 2.45) is 0 Å². The molecular formula is C11H11N3OS. The Hall–Kier alpha value is -1.88. The summed E-state index contributed by atoms with van der Waals surface area (Å²) in [7, 11) is 0. The predicted octanol–water partition coefficient (Wildman–Crippen LogP) is 2.35. The van der Waals surface area contributed by atoms with Crippen LogP contribution in [-0.4, -0.2) is 10.9 Å². The summed E-state index contributed by atoms with van der Waals surface area (Å²) in [5.74, 6) is 0.431. The fourth-order valence-corrected chi connectivity index (χ4v) is 2.06. The zero-order valence-corrected chi connectivity index (χ0v) is 9.54. The third kappa shape index (κ3) is 2.38. The van der Waals surface area contributed by atoms with Crippen LogP contribution in [0.5, 0.6) is 0 Å². The van der Waals surface area contributed by atoms with E-state index in [0.717, 1.165) is 16.3 Å². The predicted molar refractivity (Wildman–Crippen MR) is 66.3 cm³/mol. The zero-order valence-electron chi connectivity index (χ0n) is 8.73. The third-order valence-electron chi connectivity index (χ3n) is 1.95. The molecule has 16 heavy (non-hydrogen) atoms. The van der Waals surface area contributed by atoms with Gasteiger partial charge in [-0.25, -0.2) is 4.98 Å². The lowest BCUT2D eigenvalue weighted by atomic mass is 10.2. The molecule has 0 aliphatic rings. The first-order valence-corrected chi connectivity index (χ1v) is 5.62. The van der Waals surface area contributed by atoms with E-state index in [-0.39, 0.29) is 5.91 Å². The number of benzene rings is 1. The largest absolute Gasteiger partial charge is 0.383 e. The maximum atomic E-state index is 10.9. The first-order chi connectivity index (χ1) is 7.65. The fourth-order valence-electron chi connectivity index (χ4n) is 1.35. The SMILES string of the molecule is CC(=O)Nc1cccc(-c2nc(N)cs2)c1. The molecule has 82 valence electrons. The third-order valence-corrected chi connectivity index (χ3v) is 2.86. The summed E-state index contributed by atoms with van der Waals surface area (Å²) in [6.07, 6.45) is 0. The molecule has 1 amide bonds. The summed E-state index contributed by atoms with van der Waals surface area (Å²) < 4.78 is 0. The highest BCUT2D eigenvalue weighted by molar-refractivity contribution is 7.13. The molecule has 0 bridgehead atoms. The Morgan fingerprint density at radius 1 is 1.50 bits per heavy atom. The molecular weight excluding hydrogens is 222 g/mol. The van der Waals surface area contributed by atoms with Crippen molar-refractivity contribution in [3.8, 4) is 10.6 Å². The van der Waals surface area contributed by atoms with Crippen molar-refractivity contribution in [1.29, 1.82) is 0 Å². The molecule has 0 saturated heterocycles. The molecule has 4 nitrogen and oxygen atoms in total. The van der Waals surface area contributed by atoms with Crippen LogP contribution in [0.15, 0.2) is 29.6 Å². The summed E-state index contributed by atoms with van der Waals surface area (Å²) in [5.41, 5.74) is 7.28. The number of nitrogens with one attached hydrogen (secondary N) is 1. The number of hydrogen-bond acceptors (Lipinski definition) is 4. The highest BCUT2D eigenvalue weighted by Crippen LogP contribution is 2.26. The minimum absolute atomic E-state index is 0.0872. The number of carbonyl (C=O) groups excluding carboxylic acids is 1. The van der Waals surface area contributed by atoms with Crippen LogP contribution in [-0.2, 0) is 4.79 Å². The Bertz CT molecular complexity index is 521. The Labute approximate surface area is 97.1 Å². The lowest BCUT2D eigenvalue weighted by Gasteiger charge is -2.03. The van der Waals surface area contributed by atoms with Gasteiger partial charge >= 0.3 is 0 Å². The first-order valence-electron chi connectivity index (χ1n) is 4.74. The number of thiazole rings is 1. The second kappa shape index (κ2) is 4.32. The molecule has 0 unspecified atom stereocenters. The molecule has 1 heterocycles. The summed E-state index contributed by atoms with van der Waals surface area (Å²) in [5, 5.41) is 5.37. The van der Waals surface area contributed by atoms with Gasteiger partial charge in [0, 0.05) is 23.6 Å². The number of nitrogen functional groups attached to an aromatic ring is 1. The molecule has 1 aromatic heterocycles. The normalized spacial score (nSPS) is 10.1. The first kappa shape index (κ1) is 10.6. The Balaban J connectivity index is 2.32. The van der Waals surface area contributed by atoms with Crippen molar-refractivity contribution < 1.29 is 4.79 Å². The van der Waals surface area contributed by atoms with E-state index in [9.17, 15) is 4.79 Å². The number of hydrogen-bond donors (Lipinski definition) is 2. The summed E-state index contributed by atoms with van der Waals surface area (Å²) in [6.45, 7) is 1.48. The van der Waals surface area contributed by atoms with Crippen molar-refractivity contribution >= 4 is 28.7 Å². The van der Waals surface area contributed by atoms with Crippen LogP contribution in [0.1, 0.15) is 6.92 Å². The number of nitrogens with two attached hydrogens (primary N) is 1. The van der Waals surface area contributed by atoms with Crippen LogP contribution in [0.2, 0.25) is 0 Å². The molecule has 2 rings (SSSR count). The average molecular weight is 233 g/mol. The zero-order chi connectivity index (χ0) is 11.5. The van der Waals surface area contributed by atoms with Gasteiger partial charge in [0.1, 0.15) is 10.8 Å². The topological polar surface area (TPSA) is 68.0 Å². The number of rotatable bonds is 2. The maximum Gasteiger partial charge on any atom is 0.221 e.